The molecule has 5 nitrogen and oxygen atoms in total. The Morgan fingerprint density at radius 3 is 2.73 bits per heavy atom. The van der Waals surface area contributed by atoms with Gasteiger partial charge in [0.15, 0.2) is 0 Å². The molecule has 0 spiro atoms. The molecule has 0 fully saturated rings. The van der Waals surface area contributed by atoms with Crippen LogP contribution in [0.5, 0.6) is 0 Å². The van der Waals surface area contributed by atoms with Crippen molar-refractivity contribution in [3.05, 3.63) is 94.0 Å². The molecule has 3 heterocycles. The van der Waals surface area contributed by atoms with E-state index < -0.39 is 0 Å². The van der Waals surface area contributed by atoms with Crippen LogP contribution in [-0.2, 0) is 17.8 Å². The van der Waals surface area contributed by atoms with E-state index in [0.717, 1.165) is 5.56 Å². The van der Waals surface area contributed by atoms with Crippen molar-refractivity contribution in [3.8, 4) is 11.5 Å². The van der Waals surface area contributed by atoms with Gasteiger partial charge >= 0.3 is 0 Å². The summed E-state index contributed by atoms with van der Waals surface area (Å²) >= 11 is 1.58. The zero-order valence-electron chi connectivity index (χ0n) is 16.4. The Morgan fingerprint density at radius 1 is 1.07 bits per heavy atom. The Bertz CT molecular complexity index is 1140. The van der Waals surface area contributed by atoms with Gasteiger partial charge in [-0.2, -0.15) is 11.3 Å². The number of thiophene rings is 1. The third kappa shape index (κ3) is 3.78. The van der Waals surface area contributed by atoms with E-state index in [9.17, 15) is 4.79 Å². The second kappa shape index (κ2) is 8.24. The summed E-state index contributed by atoms with van der Waals surface area (Å²) in [6.45, 7) is 1.33. The van der Waals surface area contributed by atoms with Crippen LogP contribution < -0.4 is 0 Å². The summed E-state index contributed by atoms with van der Waals surface area (Å²) in [5.41, 5.74) is 4.68. The van der Waals surface area contributed by atoms with Gasteiger partial charge in [-0.05, 0) is 28.1 Å². The van der Waals surface area contributed by atoms with Crippen molar-refractivity contribution in [1.29, 1.82) is 0 Å². The molecule has 0 radical (unpaired) electrons. The van der Waals surface area contributed by atoms with Crippen LogP contribution >= 0.6 is 11.3 Å². The number of aromatic nitrogens is 2. The van der Waals surface area contributed by atoms with E-state index in [-0.39, 0.29) is 11.8 Å². The van der Waals surface area contributed by atoms with Gasteiger partial charge in [0, 0.05) is 42.8 Å². The number of benzene rings is 2. The highest BCUT2D eigenvalue weighted by Crippen LogP contribution is 2.33. The van der Waals surface area contributed by atoms with Crippen molar-refractivity contribution in [2.45, 2.75) is 25.3 Å². The molecule has 2 aromatic carbocycles. The first-order valence-electron chi connectivity index (χ1n) is 10.0. The lowest BCUT2D eigenvalue weighted by Crippen LogP contribution is -2.38. The molecule has 0 unspecified atom stereocenters. The van der Waals surface area contributed by atoms with Crippen LogP contribution in [-0.4, -0.2) is 27.5 Å². The number of amides is 1. The molecular weight excluding hydrogens is 394 g/mol. The monoisotopic (exact) mass is 415 g/mol. The van der Waals surface area contributed by atoms with Gasteiger partial charge in [0.25, 0.3) is 0 Å². The van der Waals surface area contributed by atoms with Gasteiger partial charge in [-0.1, -0.05) is 54.6 Å². The van der Waals surface area contributed by atoms with Gasteiger partial charge in [0.2, 0.25) is 17.7 Å². The predicted molar refractivity (Wildman–Crippen MR) is 116 cm³/mol. The molecule has 1 aliphatic rings. The molecule has 6 heteroatoms. The Kier molecular flexibility index (Phi) is 5.15. The van der Waals surface area contributed by atoms with Crippen LogP contribution in [0.2, 0.25) is 0 Å². The zero-order chi connectivity index (χ0) is 20.3. The molecule has 1 atom stereocenters. The molecule has 1 amide bonds. The van der Waals surface area contributed by atoms with Crippen LogP contribution in [0, 0.1) is 0 Å². The lowest BCUT2D eigenvalue weighted by Gasteiger charge is -2.35. The molecule has 0 saturated carbocycles. The third-order valence-electron chi connectivity index (χ3n) is 5.54. The van der Waals surface area contributed by atoms with Gasteiger partial charge in [-0.15, -0.1) is 10.2 Å². The zero-order valence-corrected chi connectivity index (χ0v) is 17.2. The molecule has 0 saturated heterocycles. The number of carbonyl (C=O) groups excluding carboxylic acids is 1. The smallest absolute Gasteiger partial charge is 0.248 e. The minimum absolute atomic E-state index is 0.112. The summed E-state index contributed by atoms with van der Waals surface area (Å²) < 4.78 is 5.73. The summed E-state index contributed by atoms with van der Waals surface area (Å²) in [4.78, 5) is 15.0. The molecule has 1 aliphatic heterocycles. The summed E-state index contributed by atoms with van der Waals surface area (Å²) in [6.07, 6.45) is 0.805. The average Bonchev–Trinajstić information content (AvgIpc) is 3.49. The summed E-state index contributed by atoms with van der Waals surface area (Å²) in [6, 6.07) is 20.8. The Hall–Kier alpha value is -3.25. The minimum Gasteiger partial charge on any atom is -0.421 e. The van der Waals surface area contributed by atoms with Crippen molar-refractivity contribution in [1.82, 2.24) is 15.1 Å². The third-order valence-corrected chi connectivity index (χ3v) is 6.22. The molecule has 0 N–H and O–H groups in total. The fourth-order valence-corrected chi connectivity index (χ4v) is 4.63. The standard InChI is InChI=1S/C24H21N3O2S/c28-23(11-10-22-25-26-24(29-22)19-12-13-30-16-19)27-14-18-8-4-5-9-20(18)21(15-27)17-6-2-1-3-7-17/h1-9,12-13,16,21H,10-11,14-15H2/t21-/m1/s1. The molecule has 0 aliphatic carbocycles. The van der Waals surface area contributed by atoms with E-state index in [0.29, 0.717) is 37.7 Å². The average molecular weight is 416 g/mol. The van der Waals surface area contributed by atoms with Gasteiger partial charge in [0.05, 0.1) is 0 Å². The van der Waals surface area contributed by atoms with Crippen LogP contribution in [0.15, 0.2) is 75.8 Å². The van der Waals surface area contributed by atoms with Gasteiger partial charge < -0.3 is 9.32 Å². The van der Waals surface area contributed by atoms with Crippen molar-refractivity contribution in [2.75, 3.05) is 6.54 Å². The van der Waals surface area contributed by atoms with E-state index in [1.165, 1.54) is 16.7 Å². The molecule has 5 rings (SSSR count). The molecular formula is C24H21N3O2S. The van der Waals surface area contributed by atoms with Gasteiger partial charge in [0.1, 0.15) is 0 Å². The minimum atomic E-state index is 0.112. The maximum absolute atomic E-state index is 13.0. The van der Waals surface area contributed by atoms with Crippen LogP contribution in [0.1, 0.15) is 34.9 Å². The lowest BCUT2D eigenvalue weighted by atomic mass is 9.84. The van der Waals surface area contributed by atoms with Crippen molar-refractivity contribution >= 4 is 17.2 Å². The number of rotatable bonds is 5. The number of carbonyl (C=O) groups is 1. The number of hydrogen-bond acceptors (Lipinski definition) is 5. The van der Waals surface area contributed by atoms with Crippen LogP contribution in [0.3, 0.4) is 0 Å². The Labute approximate surface area is 179 Å². The van der Waals surface area contributed by atoms with Crippen LogP contribution in [0.4, 0.5) is 0 Å². The molecule has 30 heavy (non-hydrogen) atoms. The molecule has 0 bridgehead atoms. The number of hydrogen-bond donors (Lipinski definition) is 0. The lowest BCUT2D eigenvalue weighted by molar-refractivity contribution is -0.132. The van der Waals surface area contributed by atoms with E-state index in [1.54, 1.807) is 11.3 Å². The highest BCUT2D eigenvalue weighted by molar-refractivity contribution is 7.08. The van der Waals surface area contributed by atoms with E-state index in [1.807, 2.05) is 33.9 Å². The fraction of sp³-hybridized carbons (Fsp3) is 0.208. The maximum Gasteiger partial charge on any atom is 0.248 e. The predicted octanol–water partition coefficient (Wildman–Crippen LogP) is 4.91. The number of nitrogens with zero attached hydrogens (tertiary/aromatic N) is 3. The molecule has 150 valence electrons. The summed E-state index contributed by atoms with van der Waals surface area (Å²) in [7, 11) is 0. The van der Waals surface area contributed by atoms with Crippen molar-refractivity contribution < 1.29 is 9.21 Å². The number of aryl methyl sites for hydroxylation is 1. The van der Waals surface area contributed by atoms with E-state index in [4.69, 9.17) is 4.42 Å². The highest BCUT2D eigenvalue weighted by Gasteiger charge is 2.29. The van der Waals surface area contributed by atoms with E-state index in [2.05, 4.69) is 52.7 Å². The van der Waals surface area contributed by atoms with Gasteiger partial charge in [-0.3, -0.25) is 4.79 Å². The van der Waals surface area contributed by atoms with E-state index >= 15 is 0 Å². The maximum atomic E-state index is 13.0. The second-order valence-electron chi connectivity index (χ2n) is 7.45. The molecule has 4 aromatic rings. The first-order chi connectivity index (χ1) is 14.8. The van der Waals surface area contributed by atoms with Crippen molar-refractivity contribution in [2.24, 2.45) is 0 Å². The Morgan fingerprint density at radius 2 is 1.90 bits per heavy atom. The SMILES string of the molecule is O=C(CCc1nnc(-c2ccsc2)o1)N1Cc2ccccc2[C@@H](c2ccccc2)C1. The Balaban J connectivity index is 1.30. The van der Waals surface area contributed by atoms with Crippen LogP contribution in [0.25, 0.3) is 11.5 Å². The summed E-state index contributed by atoms with van der Waals surface area (Å²) in [5.74, 6) is 1.31. The highest BCUT2D eigenvalue weighted by atomic mass is 32.1. The second-order valence-corrected chi connectivity index (χ2v) is 8.23. The number of fused-ring (bicyclic) bond motifs is 1. The normalized spacial score (nSPS) is 15.7. The first kappa shape index (κ1) is 18.8. The molecule has 2 aromatic heterocycles. The topological polar surface area (TPSA) is 59.2 Å². The quantitative estimate of drug-likeness (QED) is 0.465. The fourth-order valence-electron chi connectivity index (χ4n) is 4.00. The summed E-state index contributed by atoms with van der Waals surface area (Å²) in [5, 5.41) is 12.1. The van der Waals surface area contributed by atoms with Crippen molar-refractivity contribution in [3.63, 3.8) is 0 Å². The first-order valence-corrected chi connectivity index (χ1v) is 11.0. The largest absolute Gasteiger partial charge is 0.421 e. The van der Waals surface area contributed by atoms with Gasteiger partial charge in [-0.25, -0.2) is 0 Å².